The molecule has 0 heterocycles. The van der Waals surface area contributed by atoms with Crippen LogP contribution in [0.5, 0.6) is 0 Å². The molecule has 0 bridgehead atoms. The van der Waals surface area contributed by atoms with Gasteiger partial charge in [-0.1, -0.05) is 11.6 Å². The molecule has 1 aromatic rings. The van der Waals surface area contributed by atoms with Crippen molar-refractivity contribution < 1.29 is 14.3 Å². The second-order valence-corrected chi connectivity index (χ2v) is 4.83. The second-order valence-electron chi connectivity index (χ2n) is 4.83. The van der Waals surface area contributed by atoms with Crippen LogP contribution in [-0.2, 0) is 4.74 Å². The highest BCUT2D eigenvalue weighted by Crippen LogP contribution is 2.35. The summed E-state index contributed by atoms with van der Waals surface area (Å²) in [4.78, 5) is 23.1. The number of hydrogen-bond acceptors (Lipinski definition) is 3. The Hall–Kier alpha value is -2.30. The lowest BCUT2D eigenvalue weighted by Crippen LogP contribution is -2.24. The van der Waals surface area contributed by atoms with Crippen molar-refractivity contribution in [3.63, 3.8) is 0 Å². The van der Waals surface area contributed by atoms with Crippen LogP contribution in [0.1, 0.15) is 30.1 Å². The zero-order valence-electron chi connectivity index (χ0n) is 11.6. The van der Waals surface area contributed by atoms with E-state index in [9.17, 15) is 9.59 Å². The first kappa shape index (κ1) is 14.1. The van der Waals surface area contributed by atoms with Crippen LogP contribution in [0.3, 0.4) is 0 Å². The maximum Gasteiger partial charge on any atom is 0.337 e. The maximum absolute atomic E-state index is 11.7. The van der Waals surface area contributed by atoms with Gasteiger partial charge in [0.2, 0.25) is 0 Å². The van der Waals surface area contributed by atoms with E-state index >= 15 is 0 Å². The van der Waals surface area contributed by atoms with E-state index in [0.29, 0.717) is 17.2 Å². The summed E-state index contributed by atoms with van der Waals surface area (Å²) in [6, 6.07) is 6.28. The van der Waals surface area contributed by atoms with Gasteiger partial charge in [0.1, 0.15) is 0 Å². The number of carbonyl (C=O) groups is 2. The van der Waals surface area contributed by atoms with Gasteiger partial charge < -0.3 is 15.4 Å². The Balaban J connectivity index is 1.93. The smallest absolute Gasteiger partial charge is 0.337 e. The third-order valence-corrected chi connectivity index (χ3v) is 3.19. The Morgan fingerprint density at radius 2 is 2.10 bits per heavy atom. The van der Waals surface area contributed by atoms with Gasteiger partial charge in [0.25, 0.3) is 0 Å². The van der Waals surface area contributed by atoms with Gasteiger partial charge in [-0.25, -0.2) is 9.59 Å². The van der Waals surface area contributed by atoms with Gasteiger partial charge in [-0.15, -0.1) is 0 Å². The normalized spacial score (nSPS) is 14.6. The molecule has 0 atom stereocenters. The number of urea groups is 1. The van der Waals surface area contributed by atoms with E-state index in [1.807, 2.05) is 6.92 Å². The predicted molar refractivity (Wildman–Crippen MR) is 76.4 cm³/mol. The Kier molecular flexibility index (Phi) is 4.40. The number of anilines is 1. The molecule has 1 saturated carbocycles. The summed E-state index contributed by atoms with van der Waals surface area (Å²) in [7, 11) is 1.32. The van der Waals surface area contributed by atoms with Crippen LogP contribution in [0, 0.1) is 5.92 Å². The van der Waals surface area contributed by atoms with E-state index in [1.54, 1.807) is 30.5 Å². The minimum absolute atomic E-state index is 0.327. The van der Waals surface area contributed by atoms with Crippen LogP contribution in [0.4, 0.5) is 10.5 Å². The van der Waals surface area contributed by atoms with Crippen LogP contribution in [-0.4, -0.2) is 19.1 Å². The van der Waals surface area contributed by atoms with Crippen LogP contribution in [0.2, 0.25) is 0 Å². The number of carbonyl (C=O) groups excluding carboxylic acids is 2. The van der Waals surface area contributed by atoms with Crippen LogP contribution < -0.4 is 10.6 Å². The fourth-order valence-corrected chi connectivity index (χ4v) is 1.84. The van der Waals surface area contributed by atoms with E-state index < -0.39 is 5.97 Å². The molecule has 1 fully saturated rings. The summed E-state index contributed by atoms with van der Waals surface area (Å²) in [6.07, 6.45) is 4.14. The molecule has 2 rings (SSSR count). The molecular formula is C15H18N2O3. The molecule has 0 radical (unpaired) electrons. The van der Waals surface area contributed by atoms with Crippen molar-refractivity contribution in [3.8, 4) is 0 Å². The molecule has 5 nitrogen and oxygen atoms in total. The number of amides is 2. The summed E-state index contributed by atoms with van der Waals surface area (Å²) in [5.41, 5.74) is 2.13. The Morgan fingerprint density at radius 1 is 1.35 bits per heavy atom. The van der Waals surface area contributed by atoms with Gasteiger partial charge >= 0.3 is 12.0 Å². The second kappa shape index (κ2) is 6.23. The molecule has 2 N–H and O–H groups in total. The highest BCUT2D eigenvalue weighted by molar-refractivity contribution is 5.94. The quantitative estimate of drug-likeness (QED) is 0.829. The number of benzene rings is 1. The Bertz CT molecular complexity index is 548. The van der Waals surface area contributed by atoms with Crippen LogP contribution in [0.25, 0.3) is 0 Å². The molecular weight excluding hydrogens is 256 g/mol. The summed E-state index contributed by atoms with van der Waals surface area (Å²) < 4.78 is 4.63. The third kappa shape index (κ3) is 3.85. The molecule has 0 aromatic heterocycles. The summed E-state index contributed by atoms with van der Waals surface area (Å²) in [5.74, 6) is 0.191. The van der Waals surface area contributed by atoms with Crippen LogP contribution >= 0.6 is 0 Å². The number of ether oxygens (including phenoxy) is 1. The fraction of sp³-hybridized carbons (Fsp3) is 0.333. The van der Waals surface area contributed by atoms with E-state index in [1.165, 1.54) is 25.5 Å². The SMILES string of the molecule is COC(=O)c1cccc(NC(=O)N/C=C(\C)C2CC2)c1. The van der Waals surface area contributed by atoms with E-state index in [0.717, 1.165) is 0 Å². The lowest BCUT2D eigenvalue weighted by Gasteiger charge is -2.07. The number of rotatable bonds is 4. The van der Waals surface area contributed by atoms with Crippen molar-refractivity contribution in [1.82, 2.24) is 5.32 Å². The molecule has 1 aliphatic carbocycles. The number of methoxy groups -OCH3 is 1. The van der Waals surface area contributed by atoms with Gasteiger partial charge in [0.15, 0.2) is 0 Å². The number of hydrogen-bond donors (Lipinski definition) is 2. The number of allylic oxidation sites excluding steroid dienone is 1. The highest BCUT2D eigenvalue weighted by Gasteiger charge is 2.22. The van der Waals surface area contributed by atoms with Crippen molar-refractivity contribution in [3.05, 3.63) is 41.6 Å². The van der Waals surface area contributed by atoms with Gasteiger partial charge in [-0.05, 0) is 43.9 Å². The third-order valence-electron chi connectivity index (χ3n) is 3.19. The first-order valence-corrected chi connectivity index (χ1v) is 6.52. The van der Waals surface area contributed by atoms with Crippen molar-refractivity contribution >= 4 is 17.7 Å². The molecule has 106 valence electrons. The lowest BCUT2D eigenvalue weighted by atomic mass is 10.2. The topological polar surface area (TPSA) is 67.4 Å². The summed E-state index contributed by atoms with van der Waals surface area (Å²) in [6.45, 7) is 2.01. The van der Waals surface area contributed by atoms with Crippen LogP contribution in [0.15, 0.2) is 36.0 Å². The summed E-state index contributed by atoms with van der Waals surface area (Å²) in [5, 5.41) is 5.36. The molecule has 1 aromatic carbocycles. The number of esters is 1. The zero-order valence-corrected chi connectivity index (χ0v) is 11.6. The monoisotopic (exact) mass is 274 g/mol. The first-order valence-electron chi connectivity index (χ1n) is 6.52. The molecule has 5 heteroatoms. The largest absolute Gasteiger partial charge is 0.465 e. The molecule has 0 saturated heterocycles. The maximum atomic E-state index is 11.7. The molecule has 0 spiro atoms. The molecule has 1 aliphatic rings. The van der Waals surface area contributed by atoms with Gasteiger partial charge in [-0.2, -0.15) is 0 Å². The van der Waals surface area contributed by atoms with Crippen molar-refractivity contribution in [2.24, 2.45) is 5.92 Å². The zero-order chi connectivity index (χ0) is 14.5. The minimum atomic E-state index is -0.432. The predicted octanol–water partition coefficient (Wildman–Crippen LogP) is 2.91. The van der Waals surface area contributed by atoms with Gasteiger partial charge in [0.05, 0.1) is 12.7 Å². The highest BCUT2D eigenvalue weighted by atomic mass is 16.5. The molecule has 0 aliphatic heterocycles. The fourth-order valence-electron chi connectivity index (χ4n) is 1.84. The molecule has 2 amide bonds. The summed E-state index contributed by atoms with van der Waals surface area (Å²) >= 11 is 0. The van der Waals surface area contributed by atoms with Crippen molar-refractivity contribution in [2.45, 2.75) is 19.8 Å². The van der Waals surface area contributed by atoms with E-state index in [4.69, 9.17) is 0 Å². The van der Waals surface area contributed by atoms with Gasteiger partial charge in [0, 0.05) is 11.9 Å². The standard InChI is InChI=1S/C15H18N2O3/c1-10(11-6-7-11)9-16-15(19)17-13-5-3-4-12(8-13)14(18)20-2/h3-5,8-9,11H,6-7H2,1-2H3,(H2,16,17,19)/b10-9+. The Morgan fingerprint density at radius 3 is 2.75 bits per heavy atom. The molecule has 20 heavy (non-hydrogen) atoms. The molecule has 0 unspecified atom stereocenters. The van der Waals surface area contributed by atoms with Crippen molar-refractivity contribution in [2.75, 3.05) is 12.4 Å². The Labute approximate surface area is 118 Å². The van der Waals surface area contributed by atoms with Gasteiger partial charge in [-0.3, -0.25) is 0 Å². The van der Waals surface area contributed by atoms with E-state index in [2.05, 4.69) is 15.4 Å². The van der Waals surface area contributed by atoms with E-state index in [-0.39, 0.29) is 6.03 Å². The lowest BCUT2D eigenvalue weighted by molar-refractivity contribution is 0.0600. The average molecular weight is 274 g/mol. The first-order chi connectivity index (χ1) is 9.60. The number of nitrogens with one attached hydrogen (secondary N) is 2. The minimum Gasteiger partial charge on any atom is -0.465 e. The average Bonchev–Trinajstić information content (AvgIpc) is 3.28. The van der Waals surface area contributed by atoms with Crippen molar-refractivity contribution in [1.29, 1.82) is 0 Å².